The highest BCUT2D eigenvalue weighted by molar-refractivity contribution is 5.72. The van der Waals surface area contributed by atoms with Gasteiger partial charge in [-0.2, -0.15) is 0 Å². The molecule has 0 saturated heterocycles. The summed E-state index contributed by atoms with van der Waals surface area (Å²) in [5.41, 5.74) is 3.81. The van der Waals surface area contributed by atoms with E-state index in [1.165, 1.54) is 16.9 Å². The summed E-state index contributed by atoms with van der Waals surface area (Å²) < 4.78 is 0. The fourth-order valence-electron chi connectivity index (χ4n) is 2.40. The molecule has 0 bridgehead atoms. The molecule has 1 aromatic carbocycles. The summed E-state index contributed by atoms with van der Waals surface area (Å²) in [5.74, 6) is 0. The van der Waals surface area contributed by atoms with E-state index in [0.29, 0.717) is 6.04 Å². The fraction of sp³-hybridized carbons (Fsp3) is 0.267. The number of hydrogen-bond acceptors (Lipinski definition) is 3. The van der Waals surface area contributed by atoms with Crippen LogP contribution in [0.25, 0.3) is 0 Å². The molecule has 1 aliphatic heterocycles. The molecule has 0 fully saturated rings. The van der Waals surface area contributed by atoms with Crippen molar-refractivity contribution in [1.82, 2.24) is 4.98 Å². The lowest BCUT2D eigenvalue weighted by Crippen LogP contribution is -2.41. The number of nitrogens with zero attached hydrogens (tertiary/aromatic N) is 2. The van der Waals surface area contributed by atoms with Gasteiger partial charge in [-0.25, -0.2) is 0 Å². The van der Waals surface area contributed by atoms with Crippen molar-refractivity contribution in [3.05, 3.63) is 54.4 Å². The van der Waals surface area contributed by atoms with Gasteiger partial charge in [-0.1, -0.05) is 12.1 Å². The van der Waals surface area contributed by atoms with Crippen LogP contribution in [0.2, 0.25) is 0 Å². The van der Waals surface area contributed by atoms with Gasteiger partial charge in [-0.05, 0) is 36.8 Å². The third-order valence-corrected chi connectivity index (χ3v) is 3.44. The predicted octanol–water partition coefficient (Wildman–Crippen LogP) is 2.90. The molecule has 3 rings (SSSR count). The maximum absolute atomic E-state index is 4.07. The lowest BCUT2D eigenvalue weighted by atomic mass is 10.1. The Morgan fingerprint density at radius 1 is 1.22 bits per heavy atom. The first-order valence-corrected chi connectivity index (χ1v) is 6.33. The molecule has 1 unspecified atom stereocenters. The molecule has 18 heavy (non-hydrogen) atoms. The van der Waals surface area contributed by atoms with Crippen molar-refractivity contribution in [2.24, 2.45) is 0 Å². The van der Waals surface area contributed by atoms with Gasteiger partial charge >= 0.3 is 0 Å². The summed E-state index contributed by atoms with van der Waals surface area (Å²) in [5, 5.41) is 3.47. The van der Waals surface area contributed by atoms with Crippen LogP contribution >= 0.6 is 0 Å². The van der Waals surface area contributed by atoms with Crippen LogP contribution in [0.1, 0.15) is 12.5 Å². The second-order valence-corrected chi connectivity index (χ2v) is 4.73. The largest absolute Gasteiger partial charge is 0.381 e. The maximum atomic E-state index is 4.07. The summed E-state index contributed by atoms with van der Waals surface area (Å²) in [4.78, 5) is 6.52. The van der Waals surface area contributed by atoms with Crippen LogP contribution in [0.5, 0.6) is 0 Å². The molecule has 1 atom stereocenters. The molecule has 0 radical (unpaired) electrons. The SMILES string of the molecule is CC1CNc2ccccc2N1Cc1ccncc1. The quantitative estimate of drug-likeness (QED) is 0.873. The lowest BCUT2D eigenvalue weighted by molar-refractivity contribution is 0.641. The molecule has 0 saturated carbocycles. The number of fused-ring (bicyclic) bond motifs is 1. The van der Waals surface area contributed by atoms with Gasteiger partial charge in [-0.3, -0.25) is 4.98 Å². The molecule has 0 spiro atoms. The normalized spacial score (nSPS) is 18.1. The van der Waals surface area contributed by atoms with E-state index in [1.54, 1.807) is 0 Å². The van der Waals surface area contributed by atoms with E-state index < -0.39 is 0 Å². The molecular weight excluding hydrogens is 222 g/mol. The average Bonchev–Trinajstić information content (AvgIpc) is 2.43. The molecule has 0 amide bonds. The maximum Gasteiger partial charge on any atom is 0.0608 e. The number of aromatic nitrogens is 1. The van der Waals surface area contributed by atoms with Crippen LogP contribution in [0.15, 0.2) is 48.8 Å². The van der Waals surface area contributed by atoms with Crippen molar-refractivity contribution < 1.29 is 0 Å². The summed E-state index contributed by atoms with van der Waals surface area (Å²) in [6, 6.07) is 13.1. The Morgan fingerprint density at radius 3 is 2.83 bits per heavy atom. The van der Waals surface area contributed by atoms with Crippen molar-refractivity contribution in [2.45, 2.75) is 19.5 Å². The van der Waals surface area contributed by atoms with Gasteiger partial charge in [0.2, 0.25) is 0 Å². The Hall–Kier alpha value is -2.03. The van der Waals surface area contributed by atoms with E-state index in [9.17, 15) is 0 Å². The first-order valence-electron chi connectivity index (χ1n) is 6.33. The number of pyridine rings is 1. The zero-order valence-corrected chi connectivity index (χ0v) is 10.5. The van der Waals surface area contributed by atoms with E-state index in [4.69, 9.17) is 0 Å². The van der Waals surface area contributed by atoms with Crippen LogP contribution < -0.4 is 10.2 Å². The Morgan fingerprint density at radius 2 is 2.00 bits per heavy atom. The number of rotatable bonds is 2. The van der Waals surface area contributed by atoms with E-state index in [-0.39, 0.29) is 0 Å². The molecular formula is C15H17N3. The molecule has 3 heteroatoms. The Kier molecular flexibility index (Phi) is 2.89. The minimum Gasteiger partial charge on any atom is -0.381 e. The monoisotopic (exact) mass is 239 g/mol. The average molecular weight is 239 g/mol. The second-order valence-electron chi connectivity index (χ2n) is 4.73. The molecule has 1 aliphatic rings. The van der Waals surface area contributed by atoms with E-state index in [0.717, 1.165) is 13.1 Å². The number of benzene rings is 1. The van der Waals surface area contributed by atoms with Gasteiger partial charge in [0.25, 0.3) is 0 Å². The van der Waals surface area contributed by atoms with Gasteiger partial charge in [-0.15, -0.1) is 0 Å². The van der Waals surface area contributed by atoms with Gasteiger partial charge in [0.1, 0.15) is 0 Å². The minimum absolute atomic E-state index is 0.494. The fourth-order valence-corrected chi connectivity index (χ4v) is 2.40. The van der Waals surface area contributed by atoms with Crippen LogP contribution in [0.3, 0.4) is 0 Å². The highest BCUT2D eigenvalue weighted by Crippen LogP contribution is 2.32. The van der Waals surface area contributed by atoms with E-state index in [1.807, 2.05) is 12.4 Å². The number of anilines is 2. The molecule has 1 N–H and O–H groups in total. The van der Waals surface area contributed by atoms with Crippen molar-refractivity contribution in [3.8, 4) is 0 Å². The lowest BCUT2D eigenvalue weighted by Gasteiger charge is -2.37. The third-order valence-electron chi connectivity index (χ3n) is 3.44. The highest BCUT2D eigenvalue weighted by Gasteiger charge is 2.22. The molecule has 1 aromatic heterocycles. The van der Waals surface area contributed by atoms with Crippen LogP contribution in [-0.4, -0.2) is 17.6 Å². The van der Waals surface area contributed by atoms with Crippen LogP contribution in [-0.2, 0) is 6.54 Å². The topological polar surface area (TPSA) is 28.2 Å². The summed E-state index contributed by atoms with van der Waals surface area (Å²) in [7, 11) is 0. The Bertz CT molecular complexity index is 524. The van der Waals surface area contributed by atoms with Crippen LogP contribution in [0, 0.1) is 0 Å². The summed E-state index contributed by atoms with van der Waals surface area (Å²) >= 11 is 0. The first kappa shape index (κ1) is 11.1. The zero-order valence-electron chi connectivity index (χ0n) is 10.5. The standard InChI is InChI=1S/C15H17N3/c1-12-10-17-14-4-2-3-5-15(14)18(12)11-13-6-8-16-9-7-13/h2-9,12,17H,10-11H2,1H3. The predicted molar refractivity (Wildman–Crippen MR) is 74.8 cm³/mol. The Labute approximate surface area is 107 Å². The van der Waals surface area contributed by atoms with E-state index >= 15 is 0 Å². The van der Waals surface area contributed by atoms with E-state index in [2.05, 4.69) is 58.5 Å². The summed E-state index contributed by atoms with van der Waals surface area (Å²) in [6.07, 6.45) is 3.71. The highest BCUT2D eigenvalue weighted by atomic mass is 15.2. The molecule has 3 nitrogen and oxygen atoms in total. The minimum atomic E-state index is 0.494. The van der Waals surface area contributed by atoms with Gasteiger partial charge in [0.05, 0.1) is 11.4 Å². The van der Waals surface area contributed by atoms with Gasteiger partial charge < -0.3 is 10.2 Å². The number of hydrogen-bond donors (Lipinski definition) is 1. The van der Waals surface area contributed by atoms with Gasteiger partial charge in [0.15, 0.2) is 0 Å². The van der Waals surface area contributed by atoms with Crippen molar-refractivity contribution in [1.29, 1.82) is 0 Å². The van der Waals surface area contributed by atoms with Crippen molar-refractivity contribution >= 4 is 11.4 Å². The zero-order chi connectivity index (χ0) is 12.4. The second kappa shape index (κ2) is 4.69. The molecule has 2 aromatic rings. The number of para-hydroxylation sites is 2. The smallest absolute Gasteiger partial charge is 0.0608 e. The van der Waals surface area contributed by atoms with Crippen molar-refractivity contribution in [2.75, 3.05) is 16.8 Å². The Balaban J connectivity index is 1.91. The molecule has 0 aliphatic carbocycles. The first-order chi connectivity index (χ1) is 8.84. The summed E-state index contributed by atoms with van der Waals surface area (Å²) in [6.45, 7) is 4.18. The third kappa shape index (κ3) is 2.04. The number of nitrogens with one attached hydrogen (secondary N) is 1. The van der Waals surface area contributed by atoms with Crippen molar-refractivity contribution in [3.63, 3.8) is 0 Å². The van der Waals surface area contributed by atoms with Gasteiger partial charge in [0, 0.05) is 31.5 Å². The molecule has 2 heterocycles. The van der Waals surface area contributed by atoms with Crippen LogP contribution in [0.4, 0.5) is 11.4 Å². The molecule has 92 valence electrons.